The van der Waals surface area contributed by atoms with Crippen LogP contribution < -0.4 is 15.8 Å². The van der Waals surface area contributed by atoms with Gasteiger partial charge in [0.1, 0.15) is 5.75 Å². The fourth-order valence-electron chi connectivity index (χ4n) is 2.06. The average molecular weight is 333 g/mol. The summed E-state index contributed by atoms with van der Waals surface area (Å²) in [5, 5.41) is 3.48. The van der Waals surface area contributed by atoms with Crippen molar-refractivity contribution in [1.29, 1.82) is 0 Å². The fraction of sp³-hybridized carbons (Fsp3) is 0.176. The van der Waals surface area contributed by atoms with Crippen LogP contribution in [0.1, 0.15) is 28.9 Å². The molecule has 0 bridgehead atoms. The third-order valence-electron chi connectivity index (χ3n) is 3.20. The van der Waals surface area contributed by atoms with E-state index < -0.39 is 5.91 Å². The Kier molecular flexibility index (Phi) is 5.60. The Bertz CT molecular complexity index is 718. The lowest BCUT2D eigenvalue weighted by Crippen LogP contribution is -2.27. The molecule has 2 rings (SSSR count). The summed E-state index contributed by atoms with van der Waals surface area (Å²) in [6, 6.07) is 13.7. The first kappa shape index (κ1) is 16.8. The molecule has 23 heavy (non-hydrogen) atoms. The zero-order valence-corrected chi connectivity index (χ0v) is 13.3. The lowest BCUT2D eigenvalue weighted by Gasteiger charge is -2.16. The van der Waals surface area contributed by atoms with Crippen LogP contribution >= 0.6 is 11.6 Å². The molecule has 5 nitrogen and oxygen atoms in total. The molecular weight excluding hydrogens is 316 g/mol. The van der Waals surface area contributed by atoms with Crippen molar-refractivity contribution in [1.82, 2.24) is 5.32 Å². The molecule has 6 heteroatoms. The van der Waals surface area contributed by atoms with E-state index in [9.17, 15) is 9.59 Å². The zero-order valence-electron chi connectivity index (χ0n) is 12.6. The quantitative estimate of drug-likeness (QED) is 0.853. The summed E-state index contributed by atoms with van der Waals surface area (Å²) >= 11 is 5.96. The molecule has 2 aromatic rings. The molecule has 1 unspecified atom stereocenters. The second kappa shape index (κ2) is 7.65. The predicted octanol–water partition coefficient (Wildman–Crippen LogP) is 2.70. The number of carbonyl (C=O) groups is 2. The second-order valence-corrected chi connectivity index (χ2v) is 5.44. The number of halogens is 1. The first-order valence-corrected chi connectivity index (χ1v) is 7.41. The SMILES string of the molecule is CC(NC(=O)c1ccccc1OCC(N)=O)c1cccc(Cl)c1. The van der Waals surface area contributed by atoms with Crippen molar-refractivity contribution in [3.8, 4) is 5.75 Å². The molecule has 0 spiro atoms. The third-order valence-corrected chi connectivity index (χ3v) is 3.43. The van der Waals surface area contributed by atoms with Crippen molar-refractivity contribution in [2.45, 2.75) is 13.0 Å². The number of ether oxygens (including phenoxy) is 1. The van der Waals surface area contributed by atoms with E-state index in [1.165, 1.54) is 0 Å². The van der Waals surface area contributed by atoms with Crippen LogP contribution in [0.2, 0.25) is 5.02 Å². The van der Waals surface area contributed by atoms with Gasteiger partial charge in [-0.1, -0.05) is 35.9 Å². The Hall–Kier alpha value is -2.53. The Morgan fingerprint density at radius 2 is 1.96 bits per heavy atom. The van der Waals surface area contributed by atoms with Crippen LogP contribution in [0, 0.1) is 0 Å². The maximum Gasteiger partial charge on any atom is 0.255 e. The minimum atomic E-state index is -0.604. The van der Waals surface area contributed by atoms with Gasteiger partial charge in [-0.3, -0.25) is 9.59 Å². The molecule has 0 heterocycles. The Morgan fingerprint density at radius 1 is 1.22 bits per heavy atom. The van der Waals surface area contributed by atoms with Crippen molar-refractivity contribution in [3.63, 3.8) is 0 Å². The summed E-state index contributed by atoms with van der Waals surface area (Å²) < 4.78 is 5.27. The smallest absolute Gasteiger partial charge is 0.255 e. The molecule has 0 aromatic heterocycles. The third kappa shape index (κ3) is 4.72. The summed E-state index contributed by atoms with van der Waals surface area (Å²) in [6.45, 7) is 1.57. The van der Waals surface area contributed by atoms with Gasteiger partial charge in [0.25, 0.3) is 11.8 Å². The summed E-state index contributed by atoms with van der Waals surface area (Å²) in [5.74, 6) is -0.604. The van der Waals surface area contributed by atoms with Crippen molar-refractivity contribution in [2.24, 2.45) is 5.73 Å². The molecule has 0 aliphatic carbocycles. The number of hydrogen-bond acceptors (Lipinski definition) is 3. The molecule has 1 atom stereocenters. The zero-order chi connectivity index (χ0) is 16.8. The monoisotopic (exact) mass is 332 g/mol. The van der Waals surface area contributed by atoms with Crippen molar-refractivity contribution >= 4 is 23.4 Å². The van der Waals surface area contributed by atoms with Crippen LogP contribution in [-0.4, -0.2) is 18.4 Å². The van der Waals surface area contributed by atoms with Gasteiger partial charge in [0, 0.05) is 5.02 Å². The number of carbonyl (C=O) groups excluding carboxylic acids is 2. The van der Waals surface area contributed by atoms with Gasteiger partial charge in [-0.15, -0.1) is 0 Å². The van der Waals surface area contributed by atoms with E-state index in [1.54, 1.807) is 36.4 Å². The summed E-state index contributed by atoms with van der Waals surface area (Å²) in [6.07, 6.45) is 0. The van der Waals surface area contributed by atoms with Gasteiger partial charge in [-0.2, -0.15) is 0 Å². The molecule has 0 radical (unpaired) electrons. The van der Waals surface area contributed by atoms with E-state index in [-0.39, 0.29) is 18.6 Å². The molecule has 3 N–H and O–H groups in total. The lowest BCUT2D eigenvalue weighted by molar-refractivity contribution is -0.119. The molecule has 2 amide bonds. The van der Waals surface area contributed by atoms with Crippen molar-refractivity contribution in [3.05, 3.63) is 64.7 Å². The van der Waals surface area contributed by atoms with Gasteiger partial charge < -0.3 is 15.8 Å². The van der Waals surface area contributed by atoms with Gasteiger partial charge in [0.2, 0.25) is 0 Å². The first-order chi connectivity index (χ1) is 11.0. The topological polar surface area (TPSA) is 81.4 Å². The highest BCUT2D eigenvalue weighted by atomic mass is 35.5. The van der Waals surface area contributed by atoms with Crippen LogP contribution in [0.4, 0.5) is 0 Å². The van der Waals surface area contributed by atoms with Crippen LogP contribution in [0.15, 0.2) is 48.5 Å². The number of nitrogens with one attached hydrogen (secondary N) is 1. The fourth-order valence-corrected chi connectivity index (χ4v) is 2.26. The number of amides is 2. The summed E-state index contributed by atoms with van der Waals surface area (Å²) in [4.78, 5) is 23.3. The number of primary amides is 1. The Labute approximate surface area is 139 Å². The van der Waals surface area contributed by atoms with Crippen LogP contribution in [-0.2, 0) is 4.79 Å². The average Bonchev–Trinajstić information content (AvgIpc) is 2.53. The van der Waals surface area contributed by atoms with E-state index in [0.717, 1.165) is 5.56 Å². The summed E-state index contributed by atoms with van der Waals surface area (Å²) in [7, 11) is 0. The van der Waals surface area contributed by atoms with Crippen molar-refractivity contribution in [2.75, 3.05) is 6.61 Å². The van der Waals surface area contributed by atoms with Gasteiger partial charge >= 0.3 is 0 Å². The largest absolute Gasteiger partial charge is 0.483 e. The van der Waals surface area contributed by atoms with E-state index in [0.29, 0.717) is 16.3 Å². The summed E-state index contributed by atoms with van der Waals surface area (Å²) in [5.41, 5.74) is 6.29. The van der Waals surface area contributed by atoms with Crippen LogP contribution in [0.3, 0.4) is 0 Å². The molecule has 120 valence electrons. The second-order valence-electron chi connectivity index (χ2n) is 5.00. The highest BCUT2D eigenvalue weighted by molar-refractivity contribution is 6.30. The minimum Gasteiger partial charge on any atom is -0.483 e. The van der Waals surface area contributed by atoms with Crippen LogP contribution in [0.25, 0.3) is 0 Å². The van der Waals surface area contributed by atoms with Gasteiger partial charge in [0.15, 0.2) is 6.61 Å². The Balaban J connectivity index is 2.12. The number of rotatable bonds is 6. The number of para-hydroxylation sites is 1. The van der Waals surface area contributed by atoms with Crippen molar-refractivity contribution < 1.29 is 14.3 Å². The highest BCUT2D eigenvalue weighted by Gasteiger charge is 2.16. The van der Waals surface area contributed by atoms with E-state index in [1.807, 2.05) is 19.1 Å². The number of hydrogen-bond donors (Lipinski definition) is 2. The predicted molar refractivity (Wildman–Crippen MR) is 88.5 cm³/mol. The lowest BCUT2D eigenvalue weighted by atomic mass is 10.1. The molecule has 0 saturated heterocycles. The van der Waals surface area contributed by atoms with E-state index in [2.05, 4.69) is 5.32 Å². The van der Waals surface area contributed by atoms with Gasteiger partial charge in [-0.25, -0.2) is 0 Å². The molecule has 0 fully saturated rings. The minimum absolute atomic E-state index is 0.231. The number of nitrogens with two attached hydrogens (primary N) is 1. The molecule has 0 aliphatic rings. The van der Waals surface area contributed by atoms with Crippen LogP contribution in [0.5, 0.6) is 5.75 Å². The molecule has 2 aromatic carbocycles. The maximum absolute atomic E-state index is 12.4. The van der Waals surface area contributed by atoms with E-state index in [4.69, 9.17) is 22.1 Å². The van der Waals surface area contributed by atoms with Gasteiger partial charge in [0.05, 0.1) is 11.6 Å². The number of benzene rings is 2. The highest BCUT2D eigenvalue weighted by Crippen LogP contribution is 2.21. The van der Waals surface area contributed by atoms with Gasteiger partial charge in [-0.05, 0) is 36.8 Å². The molecular formula is C17H17ClN2O3. The standard InChI is InChI=1S/C17H17ClN2O3/c1-11(12-5-4-6-13(18)9-12)20-17(22)14-7-2-3-8-15(14)23-10-16(19)21/h2-9,11H,10H2,1H3,(H2,19,21)(H,20,22). The first-order valence-electron chi connectivity index (χ1n) is 7.04. The van der Waals surface area contributed by atoms with E-state index >= 15 is 0 Å². The molecule has 0 aliphatic heterocycles. The maximum atomic E-state index is 12.4. The normalized spacial score (nSPS) is 11.6. The Morgan fingerprint density at radius 3 is 2.65 bits per heavy atom. The molecule has 0 saturated carbocycles.